The number of imide groups is 2. The molecule has 0 aliphatic carbocycles. The maximum Gasteiger partial charge on any atom is 0.335 e. The summed E-state index contributed by atoms with van der Waals surface area (Å²) >= 11 is 6.32. The van der Waals surface area contributed by atoms with Crippen LogP contribution in [0, 0.1) is 0 Å². The maximum atomic E-state index is 13.3. The van der Waals surface area contributed by atoms with Gasteiger partial charge in [-0.25, -0.2) is 9.69 Å². The Bertz CT molecular complexity index is 1250. The SMILES string of the molecule is CCc1ccccc1N1C(=O)NC(=O)/C(=C/c2ccccc2Cc2ccccc2Cl)C1=O. The summed E-state index contributed by atoms with van der Waals surface area (Å²) in [5, 5.41) is 2.94. The van der Waals surface area contributed by atoms with E-state index in [1.54, 1.807) is 12.1 Å². The molecule has 4 amide bonds. The van der Waals surface area contributed by atoms with Crippen LogP contribution in [0.4, 0.5) is 10.5 Å². The van der Waals surface area contributed by atoms with E-state index in [0.29, 0.717) is 29.1 Å². The highest BCUT2D eigenvalue weighted by Gasteiger charge is 2.37. The first kappa shape index (κ1) is 21.5. The third-order valence-electron chi connectivity index (χ3n) is 5.41. The van der Waals surface area contributed by atoms with E-state index in [2.05, 4.69) is 5.32 Å². The number of amides is 4. The van der Waals surface area contributed by atoms with Crippen LogP contribution in [-0.2, 0) is 22.4 Å². The van der Waals surface area contributed by atoms with Crippen LogP contribution in [0.15, 0.2) is 78.4 Å². The molecule has 0 unspecified atom stereocenters. The molecule has 5 nitrogen and oxygen atoms in total. The molecule has 0 saturated carbocycles. The number of halogens is 1. The van der Waals surface area contributed by atoms with Crippen molar-refractivity contribution in [2.75, 3.05) is 4.90 Å². The molecule has 0 atom stereocenters. The molecule has 1 N–H and O–H groups in total. The lowest BCUT2D eigenvalue weighted by Gasteiger charge is -2.28. The summed E-state index contributed by atoms with van der Waals surface area (Å²) < 4.78 is 0. The van der Waals surface area contributed by atoms with Gasteiger partial charge in [-0.3, -0.25) is 14.9 Å². The lowest BCUT2D eigenvalue weighted by molar-refractivity contribution is -0.122. The Balaban J connectivity index is 1.74. The van der Waals surface area contributed by atoms with Gasteiger partial charge < -0.3 is 0 Å². The Morgan fingerprint density at radius 2 is 1.47 bits per heavy atom. The zero-order valence-corrected chi connectivity index (χ0v) is 18.2. The van der Waals surface area contributed by atoms with Crippen LogP contribution in [0.25, 0.3) is 6.08 Å². The van der Waals surface area contributed by atoms with Crippen molar-refractivity contribution in [2.45, 2.75) is 19.8 Å². The van der Waals surface area contributed by atoms with Gasteiger partial charge in [-0.15, -0.1) is 0 Å². The third kappa shape index (κ3) is 4.20. The number of anilines is 1. The molecule has 0 radical (unpaired) electrons. The maximum absolute atomic E-state index is 13.3. The number of rotatable bonds is 5. The molecule has 3 aromatic carbocycles. The first-order valence-corrected chi connectivity index (χ1v) is 10.7. The Morgan fingerprint density at radius 3 is 2.19 bits per heavy atom. The van der Waals surface area contributed by atoms with Crippen LogP contribution in [0.2, 0.25) is 5.02 Å². The quantitative estimate of drug-likeness (QED) is 0.436. The van der Waals surface area contributed by atoms with Crippen molar-refractivity contribution >= 4 is 41.2 Å². The molecule has 1 aliphatic rings. The first-order valence-electron chi connectivity index (χ1n) is 10.3. The number of carbonyl (C=O) groups excluding carboxylic acids is 3. The monoisotopic (exact) mass is 444 g/mol. The van der Waals surface area contributed by atoms with Gasteiger partial charge in [0.25, 0.3) is 11.8 Å². The average molecular weight is 445 g/mol. The van der Waals surface area contributed by atoms with Crippen LogP contribution in [0.3, 0.4) is 0 Å². The number of hydrogen-bond acceptors (Lipinski definition) is 3. The predicted octanol–water partition coefficient (Wildman–Crippen LogP) is 5.16. The highest BCUT2D eigenvalue weighted by atomic mass is 35.5. The molecule has 1 saturated heterocycles. The number of barbiturate groups is 1. The van der Waals surface area contributed by atoms with Gasteiger partial charge in [-0.2, -0.15) is 0 Å². The number of hydrogen-bond donors (Lipinski definition) is 1. The summed E-state index contributed by atoms with van der Waals surface area (Å²) in [6, 6.07) is 21.4. The minimum absolute atomic E-state index is 0.0953. The van der Waals surface area contributed by atoms with E-state index >= 15 is 0 Å². The minimum atomic E-state index is -0.748. The van der Waals surface area contributed by atoms with Gasteiger partial charge >= 0.3 is 6.03 Å². The Kier molecular flexibility index (Phi) is 6.19. The van der Waals surface area contributed by atoms with Gasteiger partial charge in [0.2, 0.25) is 0 Å². The molecule has 6 heteroatoms. The largest absolute Gasteiger partial charge is 0.335 e. The molecule has 0 aromatic heterocycles. The predicted molar refractivity (Wildman–Crippen MR) is 126 cm³/mol. The second-order valence-corrected chi connectivity index (χ2v) is 7.81. The van der Waals surface area contributed by atoms with Gasteiger partial charge in [0, 0.05) is 5.02 Å². The second kappa shape index (κ2) is 9.20. The van der Waals surface area contributed by atoms with E-state index in [1.807, 2.05) is 67.6 Å². The molecular weight excluding hydrogens is 424 g/mol. The lowest BCUT2D eigenvalue weighted by atomic mass is 9.97. The van der Waals surface area contributed by atoms with Gasteiger partial charge in [-0.05, 0) is 53.3 Å². The van der Waals surface area contributed by atoms with E-state index in [4.69, 9.17) is 11.6 Å². The van der Waals surface area contributed by atoms with Crippen LogP contribution in [0.5, 0.6) is 0 Å². The second-order valence-electron chi connectivity index (χ2n) is 7.41. The fourth-order valence-corrected chi connectivity index (χ4v) is 3.95. The van der Waals surface area contributed by atoms with Crippen molar-refractivity contribution in [1.29, 1.82) is 0 Å². The molecule has 32 heavy (non-hydrogen) atoms. The number of aryl methyl sites for hydroxylation is 1. The van der Waals surface area contributed by atoms with E-state index in [1.165, 1.54) is 6.08 Å². The number of para-hydroxylation sites is 1. The summed E-state index contributed by atoms with van der Waals surface area (Å²) in [6.07, 6.45) is 2.72. The highest BCUT2D eigenvalue weighted by Crippen LogP contribution is 2.27. The molecule has 1 heterocycles. The van der Waals surface area contributed by atoms with Gasteiger partial charge in [0.05, 0.1) is 5.69 Å². The summed E-state index contributed by atoms with van der Waals surface area (Å²) in [6.45, 7) is 1.94. The Labute approximate surface area is 191 Å². The summed E-state index contributed by atoms with van der Waals surface area (Å²) in [5.41, 5.74) is 3.77. The standard InChI is InChI=1S/C26H21ClN2O3/c1-2-17-9-6-8-14-23(17)29-25(31)21(24(30)28-26(29)32)16-19-11-4-3-10-18(19)15-20-12-5-7-13-22(20)27/h3-14,16H,2,15H2,1H3,(H,28,30,32)/b21-16-. The average Bonchev–Trinajstić information content (AvgIpc) is 2.79. The topological polar surface area (TPSA) is 66.5 Å². The molecule has 0 spiro atoms. The van der Waals surface area contributed by atoms with Crippen molar-refractivity contribution in [3.63, 3.8) is 0 Å². The van der Waals surface area contributed by atoms with Crippen molar-refractivity contribution in [2.24, 2.45) is 0 Å². The number of nitrogens with zero attached hydrogens (tertiary/aromatic N) is 1. The van der Waals surface area contributed by atoms with Crippen molar-refractivity contribution < 1.29 is 14.4 Å². The van der Waals surface area contributed by atoms with E-state index in [9.17, 15) is 14.4 Å². The molecule has 4 rings (SSSR count). The van der Waals surface area contributed by atoms with Crippen molar-refractivity contribution in [3.05, 3.63) is 106 Å². The molecule has 160 valence electrons. The minimum Gasteiger partial charge on any atom is -0.273 e. The Morgan fingerprint density at radius 1 is 0.844 bits per heavy atom. The number of carbonyl (C=O) groups is 3. The third-order valence-corrected chi connectivity index (χ3v) is 5.78. The van der Waals surface area contributed by atoms with E-state index in [0.717, 1.165) is 21.6 Å². The number of nitrogens with one attached hydrogen (secondary N) is 1. The molecule has 0 bridgehead atoms. The van der Waals surface area contributed by atoms with E-state index < -0.39 is 17.8 Å². The summed E-state index contributed by atoms with van der Waals surface area (Å²) in [4.78, 5) is 39.5. The smallest absolute Gasteiger partial charge is 0.273 e. The van der Waals surface area contributed by atoms with Crippen molar-refractivity contribution in [1.82, 2.24) is 5.32 Å². The van der Waals surface area contributed by atoms with Gasteiger partial charge in [0.1, 0.15) is 5.57 Å². The Hall–Kier alpha value is -3.70. The lowest BCUT2D eigenvalue weighted by Crippen LogP contribution is -2.54. The molecule has 3 aromatic rings. The molecule has 1 fully saturated rings. The first-order chi connectivity index (χ1) is 15.5. The van der Waals surface area contributed by atoms with Crippen LogP contribution < -0.4 is 10.2 Å². The van der Waals surface area contributed by atoms with Gasteiger partial charge in [-0.1, -0.05) is 79.2 Å². The molecule has 1 aliphatic heterocycles. The zero-order valence-electron chi connectivity index (χ0n) is 17.5. The fourth-order valence-electron chi connectivity index (χ4n) is 3.74. The normalized spacial score (nSPS) is 15.2. The molecular formula is C26H21ClN2O3. The number of urea groups is 1. The van der Waals surface area contributed by atoms with E-state index in [-0.39, 0.29) is 5.57 Å². The zero-order chi connectivity index (χ0) is 22.7. The summed E-state index contributed by atoms with van der Waals surface area (Å²) in [7, 11) is 0. The number of benzene rings is 3. The van der Waals surface area contributed by atoms with Crippen LogP contribution in [-0.4, -0.2) is 17.8 Å². The highest BCUT2D eigenvalue weighted by molar-refractivity contribution is 6.39. The van der Waals surface area contributed by atoms with Crippen LogP contribution in [0.1, 0.15) is 29.2 Å². The fraction of sp³-hybridized carbons (Fsp3) is 0.115. The van der Waals surface area contributed by atoms with Crippen LogP contribution >= 0.6 is 11.6 Å². The van der Waals surface area contributed by atoms with Gasteiger partial charge in [0.15, 0.2) is 0 Å². The van der Waals surface area contributed by atoms with Crippen molar-refractivity contribution in [3.8, 4) is 0 Å². The summed E-state index contributed by atoms with van der Waals surface area (Å²) in [5.74, 6) is -1.36.